The monoisotopic (exact) mass is 445 g/mol. The Bertz CT molecular complexity index is 747. The Labute approximate surface area is 190 Å². The van der Waals surface area contributed by atoms with Gasteiger partial charge in [-0.25, -0.2) is 10.3 Å². The maximum Gasteiger partial charge on any atom is 0.332 e. The lowest BCUT2D eigenvalue weighted by atomic mass is 9.82. The van der Waals surface area contributed by atoms with Gasteiger partial charge in [0.1, 0.15) is 0 Å². The molecule has 0 saturated heterocycles. The van der Waals surface area contributed by atoms with E-state index in [0.717, 1.165) is 31.2 Å². The van der Waals surface area contributed by atoms with E-state index in [9.17, 15) is 14.4 Å². The number of carbonyl (C=O) groups is 3. The van der Waals surface area contributed by atoms with E-state index in [2.05, 4.69) is 22.5 Å². The molecule has 8 heteroatoms. The van der Waals surface area contributed by atoms with Gasteiger partial charge in [0.2, 0.25) is 5.91 Å². The highest BCUT2D eigenvalue weighted by Gasteiger charge is 2.34. The number of hydrogen-bond donors (Lipinski definition) is 2. The average molecular weight is 446 g/mol. The van der Waals surface area contributed by atoms with Crippen LogP contribution >= 0.6 is 0 Å². The van der Waals surface area contributed by atoms with Crippen LogP contribution in [0, 0.1) is 17.8 Å². The molecule has 1 aromatic heterocycles. The number of aryl methyl sites for hydroxylation is 1. The summed E-state index contributed by atoms with van der Waals surface area (Å²) in [6.07, 6.45) is 10.3. The van der Waals surface area contributed by atoms with Crippen molar-refractivity contribution in [1.82, 2.24) is 15.9 Å². The van der Waals surface area contributed by atoms with Gasteiger partial charge in [-0.3, -0.25) is 19.4 Å². The van der Waals surface area contributed by atoms with E-state index in [0.29, 0.717) is 19.3 Å². The zero-order valence-electron chi connectivity index (χ0n) is 19.0. The maximum atomic E-state index is 12.9. The molecule has 1 aliphatic carbocycles. The first-order chi connectivity index (χ1) is 15.4. The largest absolute Gasteiger partial charge is 0.341 e. The number of rotatable bonds is 12. The first-order valence-electron chi connectivity index (χ1n) is 11.4. The Hall–Kier alpha value is -2.74. The minimum absolute atomic E-state index is 0.0153. The first-order valence-corrected chi connectivity index (χ1v) is 11.4. The molecule has 0 aliphatic heterocycles. The van der Waals surface area contributed by atoms with Gasteiger partial charge in [0.05, 0.1) is 24.4 Å². The molecule has 1 heterocycles. The molecule has 0 radical (unpaired) electrons. The summed E-state index contributed by atoms with van der Waals surface area (Å²) in [7, 11) is 0. The summed E-state index contributed by atoms with van der Waals surface area (Å²) in [6.45, 7) is 7.67. The highest BCUT2D eigenvalue weighted by atomic mass is 16.7. The molecule has 0 bridgehead atoms. The summed E-state index contributed by atoms with van der Waals surface area (Å²) in [4.78, 5) is 52.3. The standard InChI is InChI=1S/C24H35N3O5/c1-4-8-20(23(29)26-31-19-10-5-6-11-19)21(15-17(2)3)24(30)27-32-22(28)13-12-18-9-7-14-25-16-18/h4,7,9,14,16-17,19-21H,1,5-6,8,10-13,15H2,2-3H3,(H,26,29)(H,27,30)/t20-,21+/m0/s1. The van der Waals surface area contributed by atoms with Crippen molar-refractivity contribution in [2.45, 2.75) is 71.3 Å². The normalized spacial score (nSPS) is 15.7. The third-order valence-corrected chi connectivity index (χ3v) is 5.54. The second-order valence-electron chi connectivity index (χ2n) is 8.66. The van der Waals surface area contributed by atoms with Gasteiger partial charge in [0.25, 0.3) is 5.91 Å². The lowest BCUT2D eigenvalue weighted by Crippen LogP contribution is -2.44. The van der Waals surface area contributed by atoms with Gasteiger partial charge in [-0.2, -0.15) is 5.48 Å². The number of pyridine rings is 1. The summed E-state index contributed by atoms with van der Waals surface area (Å²) in [5.74, 6) is -2.63. The predicted octanol–water partition coefficient (Wildman–Crippen LogP) is 3.43. The zero-order valence-corrected chi connectivity index (χ0v) is 19.0. The number of hydroxylamine groups is 2. The van der Waals surface area contributed by atoms with Gasteiger partial charge >= 0.3 is 5.97 Å². The van der Waals surface area contributed by atoms with E-state index in [-0.39, 0.29) is 24.3 Å². The molecule has 2 atom stereocenters. The summed E-state index contributed by atoms with van der Waals surface area (Å²) >= 11 is 0. The highest BCUT2D eigenvalue weighted by molar-refractivity contribution is 5.87. The lowest BCUT2D eigenvalue weighted by molar-refractivity contribution is -0.162. The molecule has 2 rings (SSSR count). The Morgan fingerprint density at radius 1 is 1.19 bits per heavy atom. The predicted molar refractivity (Wildman–Crippen MR) is 120 cm³/mol. The number of carbonyl (C=O) groups excluding carboxylic acids is 3. The van der Waals surface area contributed by atoms with E-state index in [1.165, 1.54) is 0 Å². The quantitative estimate of drug-likeness (QED) is 0.377. The molecule has 8 nitrogen and oxygen atoms in total. The SMILES string of the molecule is C=CC[C@H](C(=O)NOC1CCCC1)[C@@H](CC(C)C)C(=O)NOC(=O)CCc1cccnc1. The van der Waals surface area contributed by atoms with Crippen molar-refractivity contribution in [2.75, 3.05) is 0 Å². The van der Waals surface area contributed by atoms with Gasteiger partial charge in [0, 0.05) is 12.4 Å². The Morgan fingerprint density at radius 2 is 1.91 bits per heavy atom. The third-order valence-electron chi connectivity index (χ3n) is 5.54. The van der Waals surface area contributed by atoms with Gasteiger partial charge in [-0.15, -0.1) is 6.58 Å². The Kier molecular flexibility index (Phi) is 10.9. The zero-order chi connectivity index (χ0) is 23.3. The van der Waals surface area contributed by atoms with Crippen molar-refractivity contribution in [1.29, 1.82) is 0 Å². The fraction of sp³-hybridized carbons (Fsp3) is 0.583. The molecule has 32 heavy (non-hydrogen) atoms. The molecule has 2 amide bonds. The average Bonchev–Trinajstić information content (AvgIpc) is 3.31. The summed E-state index contributed by atoms with van der Waals surface area (Å²) in [5, 5.41) is 0. The number of allylic oxidation sites excluding steroid dienone is 1. The van der Waals surface area contributed by atoms with Crippen LogP contribution in [0.4, 0.5) is 0 Å². The van der Waals surface area contributed by atoms with Crippen molar-refractivity contribution >= 4 is 17.8 Å². The molecule has 2 N–H and O–H groups in total. The topological polar surface area (TPSA) is 107 Å². The molecule has 0 unspecified atom stereocenters. The van der Waals surface area contributed by atoms with Crippen molar-refractivity contribution in [3.05, 3.63) is 42.7 Å². The number of nitrogens with zero attached hydrogens (tertiary/aromatic N) is 1. The number of aromatic nitrogens is 1. The van der Waals surface area contributed by atoms with Crippen LogP contribution in [-0.4, -0.2) is 28.9 Å². The van der Waals surface area contributed by atoms with Gasteiger partial charge in [-0.05, 0) is 49.7 Å². The number of amides is 2. The number of nitrogens with one attached hydrogen (secondary N) is 2. The van der Waals surface area contributed by atoms with Crippen LogP contribution in [0.5, 0.6) is 0 Å². The van der Waals surface area contributed by atoms with E-state index in [4.69, 9.17) is 9.68 Å². The van der Waals surface area contributed by atoms with E-state index < -0.39 is 23.7 Å². The molecular weight excluding hydrogens is 410 g/mol. The summed E-state index contributed by atoms with van der Waals surface area (Å²) < 4.78 is 0. The van der Waals surface area contributed by atoms with Crippen molar-refractivity contribution in [3.8, 4) is 0 Å². The van der Waals surface area contributed by atoms with Crippen molar-refractivity contribution in [2.24, 2.45) is 17.8 Å². The molecular formula is C24H35N3O5. The van der Waals surface area contributed by atoms with Crippen molar-refractivity contribution in [3.63, 3.8) is 0 Å². The van der Waals surface area contributed by atoms with Gasteiger partial charge in [-0.1, -0.05) is 38.8 Å². The van der Waals surface area contributed by atoms with Crippen LogP contribution in [0.25, 0.3) is 0 Å². The van der Waals surface area contributed by atoms with Crippen LogP contribution in [0.2, 0.25) is 0 Å². The molecule has 1 fully saturated rings. The Balaban J connectivity index is 1.92. The highest BCUT2D eigenvalue weighted by Crippen LogP contribution is 2.26. The van der Waals surface area contributed by atoms with Crippen LogP contribution in [-0.2, 0) is 30.5 Å². The molecule has 1 saturated carbocycles. The Morgan fingerprint density at radius 3 is 2.53 bits per heavy atom. The van der Waals surface area contributed by atoms with E-state index in [1.807, 2.05) is 19.9 Å². The molecule has 0 spiro atoms. The van der Waals surface area contributed by atoms with Gasteiger partial charge < -0.3 is 4.84 Å². The lowest BCUT2D eigenvalue weighted by Gasteiger charge is -2.26. The van der Waals surface area contributed by atoms with Crippen LogP contribution in [0.1, 0.15) is 64.4 Å². The fourth-order valence-corrected chi connectivity index (χ4v) is 3.85. The van der Waals surface area contributed by atoms with E-state index >= 15 is 0 Å². The fourth-order valence-electron chi connectivity index (χ4n) is 3.85. The smallest absolute Gasteiger partial charge is 0.332 e. The molecule has 1 aromatic rings. The summed E-state index contributed by atoms with van der Waals surface area (Å²) in [6, 6.07) is 3.66. The van der Waals surface area contributed by atoms with Crippen LogP contribution < -0.4 is 11.0 Å². The minimum atomic E-state index is -0.689. The number of hydrogen-bond acceptors (Lipinski definition) is 6. The minimum Gasteiger partial charge on any atom is -0.341 e. The van der Waals surface area contributed by atoms with Crippen LogP contribution in [0.15, 0.2) is 37.2 Å². The third kappa shape index (κ3) is 8.78. The molecule has 1 aliphatic rings. The van der Waals surface area contributed by atoms with Gasteiger partial charge in [0.15, 0.2) is 0 Å². The molecule has 176 valence electrons. The molecule has 0 aromatic carbocycles. The van der Waals surface area contributed by atoms with E-state index in [1.54, 1.807) is 24.5 Å². The van der Waals surface area contributed by atoms with Crippen LogP contribution in [0.3, 0.4) is 0 Å². The van der Waals surface area contributed by atoms with Crippen molar-refractivity contribution < 1.29 is 24.1 Å². The maximum absolute atomic E-state index is 12.9. The second kappa shape index (κ2) is 13.6. The second-order valence-corrected chi connectivity index (χ2v) is 8.66. The first kappa shape index (κ1) is 25.5. The summed E-state index contributed by atoms with van der Waals surface area (Å²) in [5.41, 5.74) is 5.70.